The van der Waals surface area contributed by atoms with Crippen LogP contribution in [-0.2, 0) is 4.74 Å². The SMILES string of the molecule is COCC(C)NC(=O)c1sc(NC(C)C)nc1N. The third kappa shape index (κ3) is 4.15. The lowest BCUT2D eigenvalue weighted by Gasteiger charge is -2.11. The molecule has 1 heterocycles. The standard InChI is InChI=1S/C11H20N4O2S/c1-6(2)13-11-15-9(12)8(18-11)10(16)14-7(3)5-17-4/h6-7H,5,12H2,1-4H3,(H,13,15)(H,14,16). The van der Waals surface area contributed by atoms with Crippen molar-refractivity contribution in [3.63, 3.8) is 0 Å². The molecular weight excluding hydrogens is 252 g/mol. The van der Waals surface area contributed by atoms with Gasteiger partial charge in [-0.05, 0) is 20.8 Å². The molecule has 0 saturated carbocycles. The Balaban J connectivity index is 2.70. The van der Waals surface area contributed by atoms with Gasteiger partial charge in [0.05, 0.1) is 6.61 Å². The number of carbonyl (C=O) groups is 1. The van der Waals surface area contributed by atoms with E-state index >= 15 is 0 Å². The number of amides is 1. The van der Waals surface area contributed by atoms with E-state index in [2.05, 4.69) is 15.6 Å². The van der Waals surface area contributed by atoms with Crippen molar-refractivity contribution in [3.8, 4) is 0 Å². The first-order valence-corrected chi connectivity index (χ1v) is 6.58. The Hall–Kier alpha value is -1.34. The van der Waals surface area contributed by atoms with Gasteiger partial charge in [-0.15, -0.1) is 0 Å². The van der Waals surface area contributed by atoms with Gasteiger partial charge < -0.3 is 21.1 Å². The maximum atomic E-state index is 11.9. The molecule has 0 aromatic carbocycles. The Morgan fingerprint density at radius 2 is 2.17 bits per heavy atom. The molecule has 1 amide bonds. The average Bonchev–Trinajstić information content (AvgIpc) is 2.58. The largest absolute Gasteiger partial charge is 0.383 e. The summed E-state index contributed by atoms with van der Waals surface area (Å²) in [6, 6.07) is 0.185. The number of hydrogen-bond donors (Lipinski definition) is 3. The maximum absolute atomic E-state index is 11.9. The molecule has 0 aliphatic rings. The minimum Gasteiger partial charge on any atom is -0.383 e. The van der Waals surface area contributed by atoms with Gasteiger partial charge in [0.15, 0.2) is 5.13 Å². The normalized spacial score (nSPS) is 12.5. The van der Waals surface area contributed by atoms with Crippen molar-refractivity contribution in [2.24, 2.45) is 0 Å². The van der Waals surface area contributed by atoms with E-state index in [0.717, 1.165) is 0 Å². The highest BCUT2D eigenvalue weighted by Gasteiger charge is 2.18. The van der Waals surface area contributed by atoms with Gasteiger partial charge in [0.2, 0.25) is 0 Å². The molecule has 0 bridgehead atoms. The summed E-state index contributed by atoms with van der Waals surface area (Å²) < 4.78 is 4.96. The van der Waals surface area contributed by atoms with E-state index in [1.807, 2.05) is 20.8 Å². The van der Waals surface area contributed by atoms with Gasteiger partial charge in [0.1, 0.15) is 10.7 Å². The van der Waals surface area contributed by atoms with Gasteiger partial charge in [-0.1, -0.05) is 11.3 Å². The second-order valence-electron chi connectivity index (χ2n) is 4.36. The van der Waals surface area contributed by atoms with Gasteiger partial charge in [-0.25, -0.2) is 4.98 Å². The van der Waals surface area contributed by atoms with Gasteiger partial charge in [0.25, 0.3) is 5.91 Å². The Kier molecular flexibility index (Phi) is 5.36. The van der Waals surface area contributed by atoms with Gasteiger partial charge in [0, 0.05) is 19.2 Å². The molecule has 6 nitrogen and oxygen atoms in total. The third-order valence-electron chi connectivity index (χ3n) is 2.07. The van der Waals surface area contributed by atoms with E-state index in [9.17, 15) is 4.79 Å². The van der Waals surface area contributed by atoms with Crippen LogP contribution in [0.25, 0.3) is 0 Å². The summed E-state index contributed by atoms with van der Waals surface area (Å²) in [6.07, 6.45) is 0. The summed E-state index contributed by atoms with van der Waals surface area (Å²) >= 11 is 1.26. The number of nitrogen functional groups attached to an aromatic ring is 1. The lowest BCUT2D eigenvalue weighted by Crippen LogP contribution is -2.35. The predicted molar refractivity (Wildman–Crippen MR) is 74.1 cm³/mol. The number of rotatable bonds is 6. The number of ether oxygens (including phenoxy) is 1. The monoisotopic (exact) mass is 272 g/mol. The number of nitrogens with two attached hydrogens (primary N) is 1. The number of nitrogens with one attached hydrogen (secondary N) is 2. The van der Waals surface area contributed by atoms with E-state index in [4.69, 9.17) is 10.5 Å². The van der Waals surface area contributed by atoms with Crippen molar-refractivity contribution in [2.45, 2.75) is 32.9 Å². The van der Waals surface area contributed by atoms with Crippen molar-refractivity contribution >= 4 is 28.2 Å². The molecule has 0 aliphatic carbocycles. The zero-order valence-electron chi connectivity index (χ0n) is 11.1. The molecule has 0 radical (unpaired) electrons. The molecule has 0 spiro atoms. The van der Waals surface area contributed by atoms with Crippen LogP contribution in [0.5, 0.6) is 0 Å². The van der Waals surface area contributed by atoms with E-state index < -0.39 is 0 Å². The van der Waals surface area contributed by atoms with Crippen molar-refractivity contribution < 1.29 is 9.53 Å². The molecular formula is C11H20N4O2S. The minimum atomic E-state index is -0.216. The molecule has 0 saturated heterocycles. The van der Waals surface area contributed by atoms with Crippen molar-refractivity contribution in [3.05, 3.63) is 4.88 Å². The molecule has 4 N–H and O–H groups in total. The number of anilines is 2. The van der Waals surface area contributed by atoms with Gasteiger partial charge in [-0.2, -0.15) is 0 Å². The lowest BCUT2D eigenvalue weighted by atomic mass is 10.3. The summed E-state index contributed by atoms with van der Waals surface area (Å²) in [5.41, 5.74) is 5.73. The molecule has 1 unspecified atom stereocenters. The lowest BCUT2D eigenvalue weighted by molar-refractivity contribution is 0.0910. The zero-order valence-corrected chi connectivity index (χ0v) is 11.9. The fraction of sp³-hybridized carbons (Fsp3) is 0.636. The number of nitrogens with zero attached hydrogens (tertiary/aromatic N) is 1. The molecule has 0 fully saturated rings. The number of carbonyl (C=O) groups excluding carboxylic acids is 1. The van der Waals surface area contributed by atoms with E-state index in [1.165, 1.54) is 11.3 Å². The Labute approximate surface area is 111 Å². The van der Waals surface area contributed by atoms with E-state index in [-0.39, 0.29) is 23.8 Å². The molecule has 1 aromatic rings. The van der Waals surface area contributed by atoms with Crippen LogP contribution < -0.4 is 16.4 Å². The first-order chi connectivity index (χ1) is 8.43. The highest BCUT2D eigenvalue weighted by atomic mass is 32.1. The van der Waals surface area contributed by atoms with Crippen LogP contribution in [0.15, 0.2) is 0 Å². The topological polar surface area (TPSA) is 89.3 Å². The highest BCUT2D eigenvalue weighted by molar-refractivity contribution is 7.18. The molecule has 1 aromatic heterocycles. The van der Waals surface area contributed by atoms with Crippen molar-refractivity contribution in [1.29, 1.82) is 0 Å². The first kappa shape index (κ1) is 14.7. The fourth-order valence-electron chi connectivity index (χ4n) is 1.38. The summed E-state index contributed by atoms with van der Waals surface area (Å²) in [7, 11) is 1.59. The Morgan fingerprint density at radius 3 is 2.72 bits per heavy atom. The van der Waals surface area contributed by atoms with Gasteiger partial charge in [-0.3, -0.25) is 4.79 Å². The molecule has 18 heavy (non-hydrogen) atoms. The van der Waals surface area contributed by atoms with Crippen LogP contribution in [0.3, 0.4) is 0 Å². The fourth-order valence-corrected chi connectivity index (χ4v) is 2.32. The third-order valence-corrected chi connectivity index (χ3v) is 3.07. The smallest absolute Gasteiger partial charge is 0.265 e. The van der Waals surface area contributed by atoms with Crippen LogP contribution >= 0.6 is 11.3 Å². The van der Waals surface area contributed by atoms with Crippen molar-refractivity contribution in [2.75, 3.05) is 24.8 Å². The van der Waals surface area contributed by atoms with E-state index in [1.54, 1.807) is 7.11 Å². The Bertz CT molecular complexity index is 406. The highest BCUT2D eigenvalue weighted by Crippen LogP contribution is 2.25. The second-order valence-corrected chi connectivity index (χ2v) is 5.36. The number of aromatic nitrogens is 1. The van der Waals surface area contributed by atoms with Crippen LogP contribution in [0, 0.1) is 0 Å². The maximum Gasteiger partial charge on any atom is 0.265 e. The summed E-state index contributed by atoms with van der Waals surface area (Å²) in [5.74, 6) is 0.0385. The van der Waals surface area contributed by atoms with Crippen molar-refractivity contribution in [1.82, 2.24) is 10.3 Å². The summed E-state index contributed by atoms with van der Waals surface area (Å²) in [5, 5.41) is 6.58. The van der Waals surface area contributed by atoms with Crippen LogP contribution in [0.2, 0.25) is 0 Å². The minimum absolute atomic E-state index is 0.0643. The summed E-state index contributed by atoms with van der Waals surface area (Å²) in [6.45, 7) is 6.32. The molecule has 0 aliphatic heterocycles. The van der Waals surface area contributed by atoms with Gasteiger partial charge >= 0.3 is 0 Å². The quantitative estimate of drug-likeness (QED) is 0.726. The van der Waals surface area contributed by atoms with E-state index in [0.29, 0.717) is 16.6 Å². The molecule has 1 atom stereocenters. The average molecular weight is 272 g/mol. The second kappa shape index (κ2) is 6.55. The number of hydrogen-bond acceptors (Lipinski definition) is 6. The number of thiazole rings is 1. The molecule has 102 valence electrons. The molecule has 7 heteroatoms. The van der Waals surface area contributed by atoms with Crippen LogP contribution in [0.4, 0.5) is 10.9 Å². The molecule has 1 rings (SSSR count). The van der Waals surface area contributed by atoms with Crippen LogP contribution in [0.1, 0.15) is 30.4 Å². The predicted octanol–water partition coefficient (Wildman–Crippen LogP) is 1.31. The zero-order chi connectivity index (χ0) is 13.7. The summed E-state index contributed by atoms with van der Waals surface area (Å²) in [4.78, 5) is 16.5. The van der Waals surface area contributed by atoms with Crippen LogP contribution in [-0.4, -0.2) is 36.7 Å². The number of methoxy groups -OCH3 is 1. The Morgan fingerprint density at radius 1 is 1.50 bits per heavy atom. The first-order valence-electron chi connectivity index (χ1n) is 5.76.